The minimum Gasteiger partial charge on any atom is -0.485 e. The number of halogens is 2. The molecule has 2 N–H and O–H groups in total. The highest BCUT2D eigenvalue weighted by Crippen LogP contribution is 2.40. The maximum absolute atomic E-state index is 12.5. The van der Waals surface area contributed by atoms with Crippen LogP contribution in [0.1, 0.15) is 17.5 Å². The molecule has 1 aliphatic rings. The third-order valence-corrected chi connectivity index (χ3v) is 4.65. The molecule has 5 nitrogen and oxygen atoms in total. The maximum Gasteiger partial charge on any atom is 0.310 e. The molecule has 2 aromatic carbocycles. The fourth-order valence-electron chi connectivity index (χ4n) is 3.40. The minimum atomic E-state index is -2.64. The Hall–Kier alpha value is -2.96. The monoisotopic (exact) mass is 375 g/mol. The number of alkyl halides is 2. The zero-order chi connectivity index (χ0) is 19.4. The number of fused-ring (bicyclic) bond motifs is 1. The molecule has 0 bridgehead atoms. The molecular weight excluding hydrogens is 356 g/mol. The van der Waals surface area contributed by atoms with E-state index in [1.54, 1.807) is 12.1 Å². The standard InChI is InChI=1S/C20H19F2NO4/c21-17(22)12-27-16-8-4-3-7-15(16)23-18(24)11-20(19(25)26)9-13-5-1-2-6-14(13)10-20/h1-8,17H,9-12H2,(H,23,24)(H,25,26). The Labute approximate surface area is 155 Å². The van der Waals surface area contributed by atoms with Crippen molar-refractivity contribution in [3.05, 3.63) is 59.7 Å². The van der Waals surface area contributed by atoms with Gasteiger partial charge in [-0.3, -0.25) is 9.59 Å². The van der Waals surface area contributed by atoms with Gasteiger partial charge in [-0.15, -0.1) is 0 Å². The number of hydrogen-bond donors (Lipinski definition) is 2. The highest BCUT2D eigenvalue weighted by Gasteiger charge is 2.45. The third kappa shape index (κ3) is 4.24. The summed E-state index contributed by atoms with van der Waals surface area (Å²) in [7, 11) is 0. The number of rotatable bonds is 7. The molecule has 0 unspecified atom stereocenters. The van der Waals surface area contributed by atoms with Gasteiger partial charge in [0.05, 0.1) is 11.1 Å². The van der Waals surface area contributed by atoms with Crippen LogP contribution in [0.5, 0.6) is 5.75 Å². The summed E-state index contributed by atoms with van der Waals surface area (Å²) < 4.78 is 29.8. The summed E-state index contributed by atoms with van der Waals surface area (Å²) in [5.74, 6) is -1.42. The Balaban J connectivity index is 1.73. The normalized spacial score (nSPS) is 14.6. The lowest BCUT2D eigenvalue weighted by atomic mass is 9.81. The van der Waals surface area contributed by atoms with Crippen LogP contribution in [0, 0.1) is 5.41 Å². The van der Waals surface area contributed by atoms with E-state index >= 15 is 0 Å². The number of carboxylic acids is 1. The van der Waals surface area contributed by atoms with E-state index in [4.69, 9.17) is 4.74 Å². The molecule has 0 saturated carbocycles. The van der Waals surface area contributed by atoms with Crippen molar-refractivity contribution in [2.75, 3.05) is 11.9 Å². The average molecular weight is 375 g/mol. The Kier molecular flexibility index (Phi) is 5.39. The van der Waals surface area contributed by atoms with Crippen LogP contribution < -0.4 is 10.1 Å². The van der Waals surface area contributed by atoms with Gasteiger partial charge in [0.1, 0.15) is 12.4 Å². The molecule has 0 heterocycles. The number of aliphatic carboxylic acids is 1. The molecule has 2 aromatic rings. The highest BCUT2D eigenvalue weighted by atomic mass is 19.3. The number of para-hydroxylation sites is 2. The SMILES string of the molecule is O=C(CC1(C(=O)O)Cc2ccccc2C1)Nc1ccccc1OCC(F)F. The zero-order valence-electron chi connectivity index (χ0n) is 14.5. The summed E-state index contributed by atoms with van der Waals surface area (Å²) in [6.45, 7) is -0.790. The number of ether oxygens (including phenoxy) is 1. The number of carboxylic acid groups (broad SMARTS) is 1. The van der Waals surface area contributed by atoms with Crippen molar-refractivity contribution in [3.8, 4) is 5.75 Å². The van der Waals surface area contributed by atoms with Crippen LogP contribution in [0.3, 0.4) is 0 Å². The van der Waals surface area contributed by atoms with Crippen molar-refractivity contribution in [3.63, 3.8) is 0 Å². The number of anilines is 1. The Morgan fingerprint density at radius 1 is 1.07 bits per heavy atom. The summed E-state index contributed by atoms with van der Waals surface area (Å²) in [5.41, 5.74) is 0.868. The van der Waals surface area contributed by atoms with Gasteiger partial charge >= 0.3 is 5.97 Å². The van der Waals surface area contributed by atoms with Crippen molar-refractivity contribution in [2.24, 2.45) is 5.41 Å². The molecule has 142 valence electrons. The van der Waals surface area contributed by atoms with Gasteiger partial charge in [-0.2, -0.15) is 0 Å². The predicted molar refractivity (Wildman–Crippen MR) is 95.1 cm³/mol. The largest absolute Gasteiger partial charge is 0.485 e. The molecule has 0 fully saturated rings. The summed E-state index contributed by atoms with van der Waals surface area (Å²) >= 11 is 0. The van der Waals surface area contributed by atoms with Gasteiger partial charge in [0.25, 0.3) is 6.43 Å². The van der Waals surface area contributed by atoms with E-state index in [-0.39, 0.29) is 30.7 Å². The summed E-state index contributed by atoms with van der Waals surface area (Å²) in [6, 6.07) is 13.6. The average Bonchev–Trinajstić information content (AvgIpc) is 3.00. The van der Waals surface area contributed by atoms with Crippen molar-refractivity contribution in [2.45, 2.75) is 25.7 Å². The number of benzene rings is 2. The number of hydrogen-bond acceptors (Lipinski definition) is 3. The quantitative estimate of drug-likeness (QED) is 0.776. The van der Waals surface area contributed by atoms with E-state index in [9.17, 15) is 23.5 Å². The fraction of sp³-hybridized carbons (Fsp3) is 0.300. The van der Waals surface area contributed by atoms with Crippen molar-refractivity contribution in [1.82, 2.24) is 0 Å². The Morgan fingerprint density at radius 2 is 1.67 bits per heavy atom. The van der Waals surface area contributed by atoms with Gasteiger partial charge in [0.15, 0.2) is 0 Å². The molecule has 27 heavy (non-hydrogen) atoms. The van der Waals surface area contributed by atoms with Crippen LogP contribution >= 0.6 is 0 Å². The number of amides is 1. The minimum absolute atomic E-state index is 0.116. The molecular formula is C20H19F2NO4. The topological polar surface area (TPSA) is 75.6 Å². The van der Waals surface area contributed by atoms with Crippen molar-refractivity contribution < 1.29 is 28.2 Å². The number of carbonyl (C=O) groups is 2. The number of nitrogens with one attached hydrogen (secondary N) is 1. The molecule has 3 rings (SSSR count). The summed E-state index contributed by atoms with van der Waals surface area (Å²) in [5, 5.41) is 12.4. The van der Waals surface area contributed by atoms with Crippen molar-refractivity contribution in [1.29, 1.82) is 0 Å². The smallest absolute Gasteiger partial charge is 0.310 e. The third-order valence-electron chi connectivity index (χ3n) is 4.65. The first kappa shape index (κ1) is 18.8. The molecule has 1 amide bonds. The van der Waals surface area contributed by atoms with E-state index in [0.717, 1.165) is 11.1 Å². The predicted octanol–water partition coefficient (Wildman–Crippen LogP) is 3.53. The van der Waals surface area contributed by atoms with Crippen LogP contribution in [0.4, 0.5) is 14.5 Å². The second-order valence-corrected chi connectivity index (χ2v) is 6.63. The maximum atomic E-state index is 12.5. The lowest BCUT2D eigenvalue weighted by Gasteiger charge is -2.23. The molecule has 0 saturated heterocycles. The van der Waals surface area contributed by atoms with Gasteiger partial charge in [-0.1, -0.05) is 36.4 Å². The molecule has 0 radical (unpaired) electrons. The summed E-state index contributed by atoms with van der Waals surface area (Å²) in [6.07, 6.45) is -2.31. The Morgan fingerprint density at radius 3 is 2.26 bits per heavy atom. The van der Waals surface area contributed by atoms with E-state index in [1.807, 2.05) is 24.3 Å². The van der Waals surface area contributed by atoms with Crippen LogP contribution in [0.2, 0.25) is 0 Å². The van der Waals surface area contributed by atoms with Crippen LogP contribution in [-0.2, 0) is 22.4 Å². The first-order valence-corrected chi connectivity index (χ1v) is 8.50. The fourth-order valence-corrected chi connectivity index (χ4v) is 3.40. The van der Waals surface area contributed by atoms with Gasteiger partial charge in [0.2, 0.25) is 5.91 Å². The lowest BCUT2D eigenvalue weighted by molar-refractivity contribution is -0.150. The molecule has 0 aromatic heterocycles. The van der Waals surface area contributed by atoms with Crippen LogP contribution in [0.25, 0.3) is 0 Å². The van der Waals surface area contributed by atoms with Crippen LogP contribution in [-0.4, -0.2) is 30.0 Å². The van der Waals surface area contributed by atoms with Crippen molar-refractivity contribution >= 4 is 17.6 Å². The van der Waals surface area contributed by atoms with E-state index in [1.165, 1.54) is 12.1 Å². The lowest BCUT2D eigenvalue weighted by Crippen LogP contribution is -2.36. The molecule has 0 spiro atoms. The van der Waals surface area contributed by atoms with E-state index in [2.05, 4.69) is 5.32 Å². The van der Waals surface area contributed by atoms with Gasteiger partial charge in [-0.05, 0) is 36.1 Å². The molecule has 7 heteroatoms. The van der Waals surface area contributed by atoms with E-state index in [0.29, 0.717) is 0 Å². The first-order chi connectivity index (χ1) is 12.9. The van der Waals surface area contributed by atoms with E-state index < -0.39 is 30.3 Å². The summed E-state index contributed by atoms with van der Waals surface area (Å²) in [4.78, 5) is 24.5. The molecule has 1 aliphatic carbocycles. The Bertz CT molecular complexity index is 828. The van der Waals surface area contributed by atoms with Gasteiger partial charge in [0, 0.05) is 6.42 Å². The van der Waals surface area contributed by atoms with Crippen LogP contribution in [0.15, 0.2) is 48.5 Å². The van der Waals surface area contributed by atoms with Gasteiger partial charge in [-0.25, -0.2) is 8.78 Å². The second-order valence-electron chi connectivity index (χ2n) is 6.63. The highest BCUT2D eigenvalue weighted by molar-refractivity contribution is 5.95. The first-order valence-electron chi connectivity index (χ1n) is 8.50. The zero-order valence-corrected chi connectivity index (χ0v) is 14.5. The van der Waals surface area contributed by atoms with Gasteiger partial charge < -0.3 is 15.2 Å². The number of carbonyl (C=O) groups excluding carboxylic acids is 1. The second kappa shape index (κ2) is 7.73. The molecule has 0 aliphatic heterocycles. The molecule has 0 atom stereocenters.